The summed E-state index contributed by atoms with van der Waals surface area (Å²) in [6, 6.07) is 1.79. The van der Waals surface area contributed by atoms with E-state index < -0.39 is 5.97 Å². The van der Waals surface area contributed by atoms with E-state index in [2.05, 4.69) is 10.6 Å². The first kappa shape index (κ1) is 17.7. The monoisotopic (exact) mass is 312 g/mol. The average molecular weight is 312 g/mol. The zero-order chi connectivity index (χ0) is 16.0. The molecule has 0 aliphatic heterocycles. The maximum atomic E-state index is 12.0. The summed E-state index contributed by atoms with van der Waals surface area (Å²) in [6.07, 6.45) is 0.813. The lowest BCUT2D eigenvalue weighted by Crippen LogP contribution is -2.41. The Morgan fingerprint density at radius 3 is 2.48 bits per heavy atom. The molecular formula is C15H24N2O3S. The second-order valence-electron chi connectivity index (χ2n) is 5.68. The van der Waals surface area contributed by atoms with Gasteiger partial charge in [-0.05, 0) is 40.2 Å². The Morgan fingerprint density at radius 2 is 1.95 bits per heavy atom. The lowest BCUT2D eigenvalue weighted by atomic mass is 10.1. The highest BCUT2D eigenvalue weighted by Crippen LogP contribution is 2.29. The maximum absolute atomic E-state index is 12.0. The third-order valence-corrected chi connectivity index (χ3v) is 3.85. The molecule has 0 saturated carbocycles. The molecule has 0 atom stereocenters. The van der Waals surface area contributed by atoms with Gasteiger partial charge in [-0.3, -0.25) is 4.79 Å². The van der Waals surface area contributed by atoms with Gasteiger partial charge in [-0.2, -0.15) is 0 Å². The summed E-state index contributed by atoms with van der Waals surface area (Å²) in [5, 5.41) is 6.47. The number of carbonyl (C=O) groups is 2. The van der Waals surface area contributed by atoms with Crippen LogP contribution in [0.2, 0.25) is 0 Å². The van der Waals surface area contributed by atoms with Crippen LogP contribution in [0.4, 0.5) is 5.00 Å². The first-order valence-corrected chi connectivity index (χ1v) is 7.93. The molecule has 1 aromatic heterocycles. The van der Waals surface area contributed by atoms with Gasteiger partial charge in [-0.25, -0.2) is 4.79 Å². The van der Waals surface area contributed by atoms with Crippen LogP contribution in [0, 0.1) is 0 Å². The predicted molar refractivity (Wildman–Crippen MR) is 86.0 cm³/mol. The van der Waals surface area contributed by atoms with E-state index in [9.17, 15) is 9.59 Å². The van der Waals surface area contributed by atoms with Crippen molar-refractivity contribution in [3.05, 3.63) is 16.5 Å². The number of esters is 1. The van der Waals surface area contributed by atoms with Gasteiger partial charge in [0.2, 0.25) is 5.91 Å². The number of ether oxygens (including phenoxy) is 1. The van der Waals surface area contributed by atoms with Crippen LogP contribution in [0.3, 0.4) is 0 Å². The van der Waals surface area contributed by atoms with E-state index in [0.29, 0.717) is 17.2 Å². The number of rotatable bonds is 6. The molecular weight excluding hydrogens is 288 g/mol. The van der Waals surface area contributed by atoms with E-state index >= 15 is 0 Å². The fraction of sp³-hybridized carbons (Fsp3) is 0.600. The van der Waals surface area contributed by atoms with Gasteiger partial charge in [0.25, 0.3) is 0 Å². The molecule has 0 radical (unpaired) electrons. The molecule has 21 heavy (non-hydrogen) atoms. The van der Waals surface area contributed by atoms with Crippen molar-refractivity contribution in [2.75, 3.05) is 18.5 Å². The minimum Gasteiger partial charge on any atom is -0.462 e. The normalized spacial score (nSPS) is 11.3. The van der Waals surface area contributed by atoms with Crippen molar-refractivity contribution >= 4 is 28.2 Å². The topological polar surface area (TPSA) is 67.4 Å². The molecule has 0 unspecified atom stereocenters. The van der Waals surface area contributed by atoms with Gasteiger partial charge in [-0.15, -0.1) is 11.3 Å². The molecule has 0 fully saturated rings. The third kappa shape index (κ3) is 5.85. The number of thiophene rings is 1. The Balaban J connectivity index is 2.79. The van der Waals surface area contributed by atoms with Crippen LogP contribution in [0.5, 0.6) is 0 Å². The van der Waals surface area contributed by atoms with Gasteiger partial charge < -0.3 is 15.4 Å². The van der Waals surface area contributed by atoms with Gasteiger partial charge in [0.1, 0.15) is 5.00 Å². The van der Waals surface area contributed by atoms with Crippen molar-refractivity contribution < 1.29 is 14.3 Å². The van der Waals surface area contributed by atoms with E-state index in [0.717, 1.165) is 11.3 Å². The second kappa shape index (κ2) is 7.56. The third-order valence-electron chi connectivity index (χ3n) is 2.66. The zero-order valence-electron chi connectivity index (χ0n) is 13.3. The summed E-state index contributed by atoms with van der Waals surface area (Å²) in [5.41, 5.74) is 0.300. The van der Waals surface area contributed by atoms with Crippen molar-refractivity contribution in [2.24, 2.45) is 0 Å². The maximum Gasteiger partial charge on any atom is 0.341 e. The summed E-state index contributed by atoms with van der Waals surface area (Å²) in [6.45, 7) is 10.3. The minimum absolute atomic E-state index is 0.134. The molecule has 0 bridgehead atoms. The molecule has 1 amide bonds. The van der Waals surface area contributed by atoms with Crippen LogP contribution in [0.25, 0.3) is 0 Å². The molecule has 6 heteroatoms. The van der Waals surface area contributed by atoms with Crippen molar-refractivity contribution in [1.29, 1.82) is 0 Å². The molecule has 5 nitrogen and oxygen atoms in total. The highest BCUT2D eigenvalue weighted by Gasteiger charge is 2.19. The fourth-order valence-electron chi connectivity index (χ4n) is 1.59. The van der Waals surface area contributed by atoms with E-state index in [1.165, 1.54) is 11.3 Å². The Kier molecular flexibility index (Phi) is 6.36. The standard InChI is InChI=1S/C15H24N2O3S/c1-6-10-8-11(14(19)20-7-2)13(21-10)17-12(18)9-16-15(3,4)5/h8,16H,6-7,9H2,1-5H3,(H,17,18). The van der Waals surface area contributed by atoms with Gasteiger partial charge >= 0.3 is 5.97 Å². The number of hydrogen-bond acceptors (Lipinski definition) is 5. The summed E-state index contributed by atoms with van der Waals surface area (Å²) in [4.78, 5) is 24.9. The number of amides is 1. The van der Waals surface area contributed by atoms with Gasteiger partial charge in [0.15, 0.2) is 0 Å². The summed E-state index contributed by atoms with van der Waals surface area (Å²) in [5.74, 6) is -0.562. The highest BCUT2D eigenvalue weighted by molar-refractivity contribution is 7.16. The number of anilines is 1. The van der Waals surface area contributed by atoms with Gasteiger partial charge in [0.05, 0.1) is 18.7 Å². The predicted octanol–water partition coefficient (Wildman–Crippen LogP) is 2.81. The lowest BCUT2D eigenvalue weighted by molar-refractivity contribution is -0.115. The number of aryl methyl sites for hydroxylation is 1. The molecule has 118 valence electrons. The van der Waals surface area contributed by atoms with Crippen LogP contribution < -0.4 is 10.6 Å². The second-order valence-corrected chi connectivity index (χ2v) is 6.82. The van der Waals surface area contributed by atoms with Crippen LogP contribution in [-0.4, -0.2) is 30.6 Å². The van der Waals surface area contributed by atoms with Gasteiger partial charge in [0, 0.05) is 10.4 Å². The molecule has 2 N–H and O–H groups in total. The number of hydrogen-bond donors (Lipinski definition) is 2. The summed E-state index contributed by atoms with van der Waals surface area (Å²) < 4.78 is 5.02. The Bertz CT molecular complexity index is 504. The minimum atomic E-state index is -0.396. The van der Waals surface area contributed by atoms with Crippen molar-refractivity contribution in [1.82, 2.24) is 5.32 Å². The van der Waals surface area contributed by atoms with E-state index in [4.69, 9.17) is 4.74 Å². The lowest BCUT2D eigenvalue weighted by Gasteiger charge is -2.19. The van der Waals surface area contributed by atoms with Crippen molar-refractivity contribution in [3.63, 3.8) is 0 Å². The van der Waals surface area contributed by atoms with Crippen molar-refractivity contribution in [2.45, 2.75) is 46.6 Å². The van der Waals surface area contributed by atoms with Crippen molar-refractivity contribution in [3.8, 4) is 0 Å². The zero-order valence-corrected chi connectivity index (χ0v) is 14.1. The average Bonchev–Trinajstić information content (AvgIpc) is 2.79. The van der Waals surface area contributed by atoms with Crippen LogP contribution in [0.15, 0.2) is 6.07 Å². The first-order valence-electron chi connectivity index (χ1n) is 7.11. The van der Waals surface area contributed by atoms with E-state index in [1.807, 2.05) is 27.7 Å². The number of nitrogens with one attached hydrogen (secondary N) is 2. The summed E-state index contributed by atoms with van der Waals surface area (Å²) >= 11 is 1.41. The first-order chi connectivity index (χ1) is 9.76. The summed E-state index contributed by atoms with van der Waals surface area (Å²) in [7, 11) is 0. The Morgan fingerprint density at radius 1 is 1.29 bits per heavy atom. The highest BCUT2D eigenvalue weighted by atomic mass is 32.1. The molecule has 1 heterocycles. The molecule has 1 aromatic rings. The molecule has 1 rings (SSSR count). The van der Waals surface area contributed by atoms with Crippen LogP contribution in [-0.2, 0) is 16.0 Å². The Hall–Kier alpha value is -1.40. The van der Waals surface area contributed by atoms with Gasteiger partial charge in [-0.1, -0.05) is 6.92 Å². The van der Waals surface area contributed by atoms with E-state index in [1.54, 1.807) is 13.0 Å². The van der Waals surface area contributed by atoms with Crippen LogP contribution >= 0.6 is 11.3 Å². The SMILES string of the molecule is CCOC(=O)c1cc(CC)sc1NC(=O)CNC(C)(C)C. The van der Waals surface area contributed by atoms with E-state index in [-0.39, 0.29) is 18.0 Å². The van der Waals surface area contributed by atoms with Crippen LogP contribution in [0.1, 0.15) is 49.9 Å². The quantitative estimate of drug-likeness (QED) is 0.793. The fourth-order valence-corrected chi connectivity index (χ4v) is 2.59. The smallest absolute Gasteiger partial charge is 0.341 e. The Labute approximate surface area is 130 Å². The molecule has 0 aliphatic carbocycles. The molecule has 0 aromatic carbocycles. The molecule has 0 spiro atoms. The molecule has 0 aliphatic rings. The molecule has 0 saturated heterocycles. The largest absolute Gasteiger partial charge is 0.462 e. The number of carbonyl (C=O) groups excluding carboxylic acids is 2.